The van der Waals surface area contributed by atoms with Gasteiger partial charge in [-0.15, -0.1) is 0 Å². The molecular formula is C18H27NO2. The lowest BCUT2D eigenvalue weighted by Gasteiger charge is -2.24. The smallest absolute Gasteiger partial charge is 0.124 e. The van der Waals surface area contributed by atoms with Crippen molar-refractivity contribution >= 4 is 0 Å². The van der Waals surface area contributed by atoms with Crippen LogP contribution in [-0.4, -0.2) is 18.8 Å². The van der Waals surface area contributed by atoms with E-state index in [4.69, 9.17) is 9.47 Å². The molecule has 1 atom stereocenters. The molecule has 1 aromatic rings. The Morgan fingerprint density at radius 3 is 2.71 bits per heavy atom. The van der Waals surface area contributed by atoms with Gasteiger partial charge >= 0.3 is 0 Å². The molecule has 2 rings (SSSR count). The van der Waals surface area contributed by atoms with Crippen LogP contribution in [0.5, 0.6) is 11.5 Å². The Labute approximate surface area is 128 Å². The van der Waals surface area contributed by atoms with Crippen LogP contribution < -0.4 is 14.8 Å². The lowest BCUT2D eigenvalue weighted by Crippen LogP contribution is -2.35. The monoisotopic (exact) mass is 289 g/mol. The Bertz CT molecular complexity index is 488. The molecule has 1 N–H and O–H groups in total. The molecule has 0 bridgehead atoms. The summed E-state index contributed by atoms with van der Waals surface area (Å²) in [6.45, 7) is 7.26. The van der Waals surface area contributed by atoms with E-state index >= 15 is 0 Å². The van der Waals surface area contributed by atoms with Crippen LogP contribution in [0.1, 0.15) is 45.6 Å². The van der Waals surface area contributed by atoms with Gasteiger partial charge in [0.05, 0.1) is 7.11 Å². The van der Waals surface area contributed by atoms with E-state index in [9.17, 15) is 0 Å². The number of rotatable bonds is 5. The number of ether oxygens (including phenoxy) is 2. The van der Waals surface area contributed by atoms with E-state index < -0.39 is 0 Å². The largest absolute Gasteiger partial charge is 0.497 e. The number of allylic oxidation sites excluding steroid dienone is 1. The van der Waals surface area contributed by atoms with Gasteiger partial charge < -0.3 is 14.8 Å². The van der Waals surface area contributed by atoms with Crippen molar-refractivity contribution in [3.8, 4) is 11.5 Å². The molecule has 1 aliphatic rings. The van der Waals surface area contributed by atoms with Crippen LogP contribution in [0.4, 0.5) is 0 Å². The van der Waals surface area contributed by atoms with Gasteiger partial charge in [-0.3, -0.25) is 0 Å². The van der Waals surface area contributed by atoms with Gasteiger partial charge in [0.25, 0.3) is 0 Å². The van der Waals surface area contributed by atoms with Gasteiger partial charge in [0.2, 0.25) is 0 Å². The van der Waals surface area contributed by atoms with E-state index in [1.54, 1.807) is 7.11 Å². The van der Waals surface area contributed by atoms with Crippen LogP contribution in [0.2, 0.25) is 0 Å². The molecule has 1 unspecified atom stereocenters. The van der Waals surface area contributed by atoms with E-state index in [-0.39, 0.29) is 11.6 Å². The first-order chi connectivity index (χ1) is 9.98. The third-order valence-corrected chi connectivity index (χ3v) is 3.57. The summed E-state index contributed by atoms with van der Waals surface area (Å²) in [5.74, 6) is 1.82. The van der Waals surface area contributed by atoms with Crippen LogP contribution in [0.25, 0.3) is 0 Å². The molecule has 3 heteroatoms. The number of nitrogens with one attached hydrogen (secondary N) is 1. The first kappa shape index (κ1) is 15.9. The topological polar surface area (TPSA) is 30.5 Å². The third-order valence-electron chi connectivity index (χ3n) is 3.57. The Morgan fingerprint density at radius 2 is 2.10 bits per heavy atom. The van der Waals surface area contributed by atoms with E-state index in [0.29, 0.717) is 0 Å². The summed E-state index contributed by atoms with van der Waals surface area (Å²) in [5, 5.41) is 3.51. The molecule has 0 fully saturated rings. The number of benzene rings is 1. The van der Waals surface area contributed by atoms with Crippen LogP contribution in [-0.2, 0) is 6.54 Å². The van der Waals surface area contributed by atoms with Crippen molar-refractivity contribution in [3.05, 3.63) is 35.9 Å². The second-order valence-corrected chi connectivity index (χ2v) is 6.59. The van der Waals surface area contributed by atoms with Crippen LogP contribution in [0.3, 0.4) is 0 Å². The predicted molar refractivity (Wildman–Crippen MR) is 87.0 cm³/mol. The fourth-order valence-corrected chi connectivity index (χ4v) is 2.34. The molecule has 0 spiro atoms. The van der Waals surface area contributed by atoms with Gasteiger partial charge in [0.1, 0.15) is 17.6 Å². The molecule has 1 aromatic carbocycles. The summed E-state index contributed by atoms with van der Waals surface area (Å²) in [6.07, 6.45) is 8.04. The normalized spacial score (nSPS) is 18.6. The first-order valence-corrected chi connectivity index (χ1v) is 7.73. The zero-order valence-electron chi connectivity index (χ0n) is 13.6. The highest BCUT2D eigenvalue weighted by molar-refractivity contribution is 5.40. The summed E-state index contributed by atoms with van der Waals surface area (Å²) >= 11 is 0. The van der Waals surface area contributed by atoms with Crippen LogP contribution >= 0.6 is 0 Å². The predicted octanol–water partition coefficient (Wildman–Crippen LogP) is 4.07. The number of hydrogen-bond acceptors (Lipinski definition) is 3. The molecule has 0 heterocycles. The van der Waals surface area contributed by atoms with E-state index in [0.717, 1.165) is 30.0 Å². The maximum absolute atomic E-state index is 6.17. The van der Waals surface area contributed by atoms with Crippen molar-refractivity contribution in [2.24, 2.45) is 0 Å². The van der Waals surface area contributed by atoms with Crippen LogP contribution in [0.15, 0.2) is 30.4 Å². The van der Waals surface area contributed by atoms with E-state index in [1.807, 2.05) is 12.1 Å². The molecule has 116 valence electrons. The highest BCUT2D eigenvalue weighted by Crippen LogP contribution is 2.27. The zero-order chi connectivity index (χ0) is 15.3. The second kappa shape index (κ2) is 6.99. The first-order valence-electron chi connectivity index (χ1n) is 7.73. The van der Waals surface area contributed by atoms with E-state index in [1.165, 1.54) is 12.8 Å². The molecule has 0 radical (unpaired) electrons. The maximum atomic E-state index is 6.17. The summed E-state index contributed by atoms with van der Waals surface area (Å²) in [5.41, 5.74) is 1.22. The molecule has 3 nitrogen and oxygen atoms in total. The van der Waals surface area contributed by atoms with Gasteiger partial charge in [-0.25, -0.2) is 0 Å². The van der Waals surface area contributed by atoms with Crippen molar-refractivity contribution in [3.63, 3.8) is 0 Å². The fourth-order valence-electron chi connectivity index (χ4n) is 2.34. The fraction of sp³-hybridized carbons (Fsp3) is 0.556. The Morgan fingerprint density at radius 1 is 1.29 bits per heavy atom. The van der Waals surface area contributed by atoms with Crippen molar-refractivity contribution in [2.45, 2.75) is 58.2 Å². The van der Waals surface area contributed by atoms with Gasteiger partial charge in [0, 0.05) is 17.6 Å². The van der Waals surface area contributed by atoms with Crippen molar-refractivity contribution in [1.29, 1.82) is 0 Å². The minimum atomic E-state index is 0.0745. The van der Waals surface area contributed by atoms with Gasteiger partial charge in [-0.05, 0) is 64.3 Å². The molecule has 0 amide bonds. The second-order valence-electron chi connectivity index (χ2n) is 6.59. The molecule has 0 aliphatic heterocycles. The van der Waals surface area contributed by atoms with Crippen molar-refractivity contribution in [2.75, 3.05) is 7.11 Å². The Kier molecular flexibility index (Phi) is 5.29. The Hall–Kier alpha value is -1.48. The molecular weight excluding hydrogens is 262 g/mol. The molecule has 1 aliphatic carbocycles. The summed E-state index contributed by atoms with van der Waals surface area (Å²) < 4.78 is 11.5. The standard InChI is InChI=1S/C18H27NO2/c1-18(2,3)19-13-14-12-16(20-4)10-11-17(14)21-15-8-6-5-7-9-15/h6,8,10-12,15,19H,5,7,9,13H2,1-4H3. The van der Waals surface area contributed by atoms with Gasteiger partial charge in [-0.2, -0.15) is 0 Å². The molecule has 0 saturated carbocycles. The van der Waals surface area contributed by atoms with Crippen molar-refractivity contribution in [1.82, 2.24) is 5.32 Å². The SMILES string of the molecule is COc1ccc(OC2C=CCCC2)c(CNC(C)(C)C)c1. The summed E-state index contributed by atoms with van der Waals surface area (Å²) in [7, 11) is 1.70. The van der Waals surface area contributed by atoms with E-state index in [2.05, 4.69) is 44.3 Å². The number of hydrogen-bond donors (Lipinski definition) is 1. The molecule has 21 heavy (non-hydrogen) atoms. The zero-order valence-corrected chi connectivity index (χ0v) is 13.6. The lowest BCUT2D eigenvalue weighted by atomic mass is 10.0. The lowest BCUT2D eigenvalue weighted by molar-refractivity contribution is 0.226. The highest BCUT2D eigenvalue weighted by atomic mass is 16.5. The summed E-state index contributed by atoms with van der Waals surface area (Å²) in [6, 6.07) is 6.03. The number of methoxy groups -OCH3 is 1. The van der Waals surface area contributed by atoms with Gasteiger partial charge in [0.15, 0.2) is 0 Å². The average Bonchev–Trinajstić information content (AvgIpc) is 2.46. The maximum Gasteiger partial charge on any atom is 0.124 e. The minimum absolute atomic E-state index is 0.0745. The van der Waals surface area contributed by atoms with Crippen molar-refractivity contribution < 1.29 is 9.47 Å². The Balaban J connectivity index is 2.14. The average molecular weight is 289 g/mol. The quantitative estimate of drug-likeness (QED) is 0.829. The summed E-state index contributed by atoms with van der Waals surface area (Å²) in [4.78, 5) is 0. The molecule has 0 saturated heterocycles. The minimum Gasteiger partial charge on any atom is -0.497 e. The van der Waals surface area contributed by atoms with Gasteiger partial charge in [-0.1, -0.05) is 6.08 Å². The third kappa shape index (κ3) is 5.09. The van der Waals surface area contributed by atoms with Crippen LogP contribution in [0, 0.1) is 0 Å². The molecule has 0 aromatic heterocycles. The highest BCUT2D eigenvalue weighted by Gasteiger charge is 2.15.